The fourth-order valence-electron chi connectivity index (χ4n) is 16.5. The molecule has 0 N–H and O–H groups in total. The van der Waals surface area contributed by atoms with Crippen LogP contribution in [0.25, 0.3) is 200 Å². The average molecular weight is 2300 g/mol. The standard InChI is InChI=1S/3C29H18NO.C15H16N.C12H10N.C11H8N.3Ir/c3*1-2-16-28-25(12-1)26-14-7-13-24(29(26)31-28)22-10-5-8-20(18-22)21-9-6-11-23(19-21)27-15-3-4-17-30-27;1-12(2)11-14-9-6-10-15(16-14)13-7-4-3-5-8-13;1-10-6-5-9-12(13-10)11-7-3-2-4-8-11;1-2-6-10(7-3-1)11-8-4-5-9-12-11;;;/h3*1-10,12-19H;3-7,9-10,12H,11H2,1-2H3;2-7,9H,1H3;1-6,8-9H;;;/q6*-1;;;. The first-order valence-corrected chi connectivity index (χ1v) is 44.7. The summed E-state index contributed by atoms with van der Waals surface area (Å²) < 4.78 is 18.7. The van der Waals surface area contributed by atoms with Gasteiger partial charge in [0.25, 0.3) is 0 Å². The van der Waals surface area contributed by atoms with Crippen LogP contribution in [-0.4, -0.2) is 29.9 Å². The number of para-hydroxylation sites is 6. The van der Waals surface area contributed by atoms with Gasteiger partial charge < -0.3 is 43.2 Å². The van der Waals surface area contributed by atoms with E-state index in [0.717, 1.165) is 218 Å². The van der Waals surface area contributed by atoms with Crippen LogP contribution in [0.4, 0.5) is 0 Å². The smallest absolute Gasteiger partial charge is 0.143 e. The van der Waals surface area contributed by atoms with E-state index in [1.165, 1.54) is 0 Å². The van der Waals surface area contributed by atoms with Crippen LogP contribution in [0.1, 0.15) is 25.2 Å². The van der Waals surface area contributed by atoms with Gasteiger partial charge in [0.1, 0.15) is 33.5 Å². The zero-order valence-electron chi connectivity index (χ0n) is 75.1. The first kappa shape index (κ1) is 94.7. The third-order valence-electron chi connectivity index (χ3n) is 22.9. The van der Waals surface area contributed by atoms with Crippen molar-refractivity contribution in [3.05, 3.63) is 509 Å². The molecule has 0 saturated heterocycles. The SMILES string of the molecule is CC(C)Cc1cccc(-c2[c-]cccc2)n1.Cc1cccc(-c2[c-]cccc2)n1.[Ir].[Ir].[Ir].[c-]1ccc(-c2cccc(-c3cccc4c3oc3ccccc34)c2)cc1-c1ccccn1.[c-]1ccc(-c2cccc(-c3cccc4c3oc3ccccc34)c2)cc1-c1ccccn1.[c-]1ccc(-c2cccc(-c3cccc4c3oc3ccccc34)c2)cc1-c1ccccn1.[c-]1ccccc1-c1ccccn1. The molecule has 12 heteroatoms. The topological polar surface area (TPSA) is 117 Å². The largest absolute Gasteiger partial charge is 0.455 e. The molecular weight excluding hydrogens is 2210 g/mol. The Balaban J connectivity index is 0.000000123. The Hall–Kier alpha value is -15.5. The van der Waals surface area contributed by atoms with E-state index < -0.39 is 0 Å². The molecule has 0 aliphatic heterocycles. The molecular formula is C125H88Ir3N6O3-6. The summed E-state index contributed by atoms with van der Waals surface area (Å²) in [5, 5.41) is 6.87. The van der Waals surface area contributed by atoms with Gasteiger partial charge in [0.15, 0.2) is 0 Å². The van der Waals surface area contributed by atoms with E-state index in [2.05, 4.69) is 292 Å². The van der Waals surface area contributed by atoms with Crippen LogP contribution in [0.3, 0.4) is 0 Å². The number of aromatic nitrogens is 6. The van der Waals surface area contributed by atoms with Gasteiger partial charge in [-0.1, -0.05) is 250 Å². The number of benzene rings is 15. The Morgan fingerprint density at radius 2 is 0.504 bits per heavy atom. The Kier molecular flexibility index (Phi) is 31.8. The maximum absolute atomic E-state index is 6.25. The van der Waals surface area contributed by atoms with Crippen LogP contribution >= 0.6 is 0 Å². The summed E-state index contributed by atoms with van der Waals surface area (Å²) in [4.78, 5) is 26.7. The molecule has 0 fully saturated rings. The van der Waals surface area contributed by atoms with Crippen LogP contribution in [0.2, 0.25) is 0 Å². The monoisotopic (exact) mass is 2300 g/mol. The predicted octanol–water partition coefficient (Wildman–Crippen LogP) is 32.5. The second-order valence-electron chi connectivity index (χ2n) is 32.5. The maximum Gasteiger partial charge on any atom is 0.143 e. The fraction of sp³-hybridized carbons (Fsp3) is 0.0400. The van der Waals surface area contributed by atoms with Gasteiger partial charge in [-0.3, -0.25) is 0 Å². The Bertz CT molecular complexity index is 7480. The van der Waals surface area contributed by atoms with Crippen LogP contribution in [0.15, 0.2) is 475 Å². The van der Waals surface area contributed by atoms with Crippen molar-refractivity contribution in [3.8, 4) is 134 Å². The van der Waals surface area contributed by atoms with Crippen molar-refractivity contribution in [3.63, 3.8) is 0 Å². The number of hydrogen-bond donors (Lipinski definition) is 0. The van der Waals surface area contributed by atoms with E-state index >= 15 is 0 Å². The van der Waals surface area contributed by atoms with Gasteiger partial charge in [0.2, 0.25) is 0 Å². The Morgan fingerprint density at radius 1 is 0.226 bits per heavy atom. The van der Waals surface area contributed by atoms with E-state index in [-0.39, 0.29) is 60.3 Å². The number of nitrogens with zero attached hydrogens (tertiary/aromatic N) is 6. The Morgan fingerprint density at radius 3 is 0.839 bits per heavy atom. The number of pyridine rings is 6. The third kappa shape index (κ3) is 23.0. The minimum atomic E-state index is 0. The molecule has 9 nitrogen and oxygen atoms in total. The van der Waals surface area contributed by atoms with Crippen molar-refractivity contribution in [2.24, 2.45) is 5.92 Å². The summed E-state index contributed by atoms with van der Waals surface area (Å²) >= 11 is 0. The first-order chi connectivity index (χ1) is 66.2. The van der Waals surface area contributed by atoms with Gasteiger partial charge in [-0.25, -0.2) is 0 Å². The number of rotatable bonds is 14. The Labute approximate surface area is 838 Å². The number of aryl methyl sites for hydroxylation is 1. The van der Waals surface area contributed by atoms with Crippen molar-refractivity contribution in [2.45, 2.75) is 27.2 Å². The summed E-state index contributed by atoms with van der Waals surface area (Å²) in [6, 6.07) is 167. The van der Waals surface area contributed by atoms with Gasteiger partial charge in [-0.05, 0) is 160 Å². The van der Waals surface area contributed by atoms with E-state index in [9.17, 15) is 0 Å². The second-order valence-corrected chi connectivity index (χ2v) is 32.5. The number of fused-ring (bicyclic) bond motifs is 9. The molecule has 0 aliphatic rings. The van der Waals surface area contributed by atoms with Crippen molar-refractivity contribution < 1.29 is 73.6 Å². The average Bonchev–Trinajstić information content (AvgIpc) is 1.63. The van der Waals surface area contributed by atoms with Gasteiger partial charge in [0, 0.05) is 145 Å². The zero-order valence-corrected chi connectivity index (χ0v) is 82.3. The maximum atomic E-state index is 6.25. The van der Waals surface area contributed by atoms with Gasteiger partial charge in [-0.15, -0.1) is 214 Å². The van der Waals surface area contributed by atoms with Crippen molar-refractivity contribution in [2.75, 3.05) is 0 Å². The molecule has 24 aromatic rings. The molecule has 9 aromatic heterocycles. The normalized spacial score (nSPS) is 10.7. The third-order valence-corrected chi connectivity index (χ3v) is 22.9. The summed E-state index contributed by atoms with van der Waals surface area (Å²) in [6.45, 7) is 6.42. The molecule has 0 saturated carbocycles. The first-order valence-electron chi connectivity index (χ1n) is 44.7. The minimum Gasteiger partial charge on any atom is -0.455 e. The zero-order chi connectivity index (χ0) is 90.6. The van der Waals surface area contributed by atoms with Crippen LogP contribution < -0.4 is 0 Å². The van der Waals surface area contributed by atoms with Crippen LogP contribution in [0.5, 0.6) is 0 Å². The van der Waals surface area contributed by atoms with Gasteiger partial charge in [0.05, 0.1) is 0 Å². The molecule has 9 heterocycles. The minimum absolute atomic E-state index is 0. The molecule has 0 aliphatic carbocycles. The molecule has 0 atom stereocenters. The molecule has 3 radical (unpaired) electrons. The number of hydrogen-bond acceptors (Lipinski definition) is 9. The fourth-order valence-corrected chi connectivity index (χ4v) is 16.5. The summed E-state index contributed by atoms with van der Waals surface area (Å²) in [7, 11) is 0. The van der Waals surface area contributed by atoms with Gasteiger partial charge in [-0.2, -0.15) is 0 Å². The second kappa shape index (κ2) is 46.0. The van der Waals surface area contributed by atoms with E-state index in [1.54, 1.807) is 6.20 Å². The summed E-state index contributed by atoms with van der Waals surface area (Å²) in [6.07, 6.45) is 8.25. The van der Waals surface area contributed by atoms with E-state index in [0.29, 0.717) is 5.92 Å². The summed E-state index contributed by atoms with van der Waals surface area (Å²) in [5.41, 5.74) is 33.1. The molecule has 24 rings (SSSR count). The van der Waals surface area contributed by atoms with Gasteiger partial charge >= 0.3 is 0 Å². The molecule has 0 amide bonds. The van der Waals surface area contributed by atoms with E-state index in [4.69, 9.17) is 13.3 Å². The van der Waals surface area contributed by atoms with Crippen LogP contribution in [0, 0.1) is 49.2 Å². The number of furan rings is 3. The molecule has 137 heavy (non-hydrogen) atoms. The quantitative estimate of drug-likeness (QED) is 0.0981. The molecule has 0 bridgehead atoms. The van der Waals surface area contributed by atoms with Crippen LogP contribution in [-0.2, 0) is 66.7 Å². The molecule has 669 valence electrons. The summed E-state index contributed by atoms with van der Waals surface area (Å²) in [5.74, 6) is 0.641. The molecule has 0 spiro atoms. The van der Waals surface area contributed by atoms with Crippen molar-refractivity contribution in [1.29, 1.82) is 0 Å². The molecule has 15 aromatic carbocycles. The van der Waals surface area contributed by atoms with E-state index in [1.807, 2.05) is 250 Å². The van der Waals surface area contributed by atoms with Crippen molar-refractivity contribution >= 4 is 65.8 Å². The van der Waals surface area contributed by atoms with Crippen molar-refractivity contribution in [1.82, 2.24) is 29.9 Å². The molecule has 0 unspecified atom stereocenters. The predicted molar refractivity (Wildman–Crippen MR) is 549 cm³/mol.